The van der Waals surface area contributed by atoms with Crippen molar-refractivity contribution >= 4 is 35.2 Å². The lowest BCUT2D eigenvalue weighted by Crippen LogP contribution is -2.53. The van der Waals surface area contributed by atoms with Gasteiger partial charge in [-0.05, 0) is 36.7 Å². The van der Waals surface area contributed by atoms with Crippen LogP contribution in [0, 0.1) is 17.2 Å². The number of fused-ring (bicyclic) bond motifs is 2. The molecule has 9 heteroatoms. The van der Waals surface area contributed by atoms with Crippen LogP contribution in [0.25, 0.3) is 11.0 Å². The second-order valence-electron chi connectivity index (χ2n) is 8.49. The predicted molar refractivity (Wildman–Crippen MR) is 105 cm³/mol. The van der Waals surface area contributed by atoms with E-state index in [0.29, 0.717) is 24.7 Å². The van der Waals surface area contributed by atoms with Crippen molar-refractivity contribution in [3.8, 4) is 0 Å². The quantitative estimate of drug-likeness (QED) is 0.807. The molecule has 3 heterocycles. The van der Waals surface area contributed by atoms with Crippen molar-refractivity contribution in [1.29, 1.82) is 0 Å². The maximum atomic E-state index is 14.9. The Morgan fingerprint density at radius 2 is 2.14 bits per heavy atom. The summed E-state index contributed by atoms with van der Waals surface area (Å²) in [5.41, 5.74) is 5.51. The molecule has 1 aliphatic heterocycles. The number of hydrogen-bond donors (Lipinski definition) is 2. The fraction of sp³-hybridized carbons (Fsp3) is 0.526. The molecular formula is C19H22ClFN4O3. The van der Waals surface area contributed by atoms with Gasteiger partial charge in [-0.3, -0.25) is 4.79 Å². The van der Waals surface area contributed by atoms with Crippen molar-refractivity contribution in [2.45, 2.75) is 38.3 Å². The molecule has 0 spiro atoms. The van der Waals surface area contributed by atoms with Crippen LogP contribution in [0.5, 0.6) is 0 Å². The zero-order valence-corrected chi connectivity index (χ0v) is 16.2. The lowest BCUT2D eigenvalue weighted by Gasteiger charge is -2.46. The molecule has 3 N–H and O–H groups in total. The third kappa shape index (κ3) is 2.62. The standard InChI is InChI=1S/C19H21FN4O3.ClH/c1-19-5-14(21)12(19)7-23(8-19)17-13(20)4-10-15(25)11(18(26)27)6-24(9-2-3-9)16(10)22-17;/h4,6,9,12,14H,2-3,5,7-8,21H2,1H3,(H,26,27);1H/t12-,14-,19-;/m1./s1. The van der Waals surface area contributed by atoms with Crippen LogP contribution in [0.1, 0.15) is 42.6 Å². The monoisotopic (exact) mass is 408 g/mol. The molecule has 0 aromatic carbocycles. The average Bonchev–Trinajstić information content (AvgIpc) is 3.39. The van der Waals surface area contributed by atoms with Gasteiger partial charge in [0, 0.05) is 31.4 Å². The molecular weight excluding hydrogens is 387 g/mol. The number of nitrogens with two attached hydrogens (primary N) is 1. The number of carboxylic acid groups (broad SMARTS) is 1. The highest BCUT2D eigenvalue weighted by molar-refractivity contribution is 5.92. The van der Waals surface area contributed by atoms with E-state index in [9.17, 15) is 19.1 Å². The third-order valence-corrected chi connectivity index (χ3v) is 6.49. The molecule has 7 nitrogen and oxygen atoms in total. The first-order valence-electron chi connectivity index (χ1n) is 9.28. The zero-order chi connectivity index (χ0) is 19.1. The van der Waals surface area contributed by atoms with Gasteiger partial charge in [0.05, 0.1) is 5.39 Å². The van der Waals surface area contributed by atoms with Crippen molar-refractivity contribution < 1.29 is 14.3 Å². The van der Waals surface area contributed by atoms with Crippen LogP contribution in [-0.4, -0.2) is 39.8 Å². The van der Waals surface area contributed by atoms with Crippen LogP contribution in [-0.2, 0) is 0 Å². The molecule has 150 valence electrons. The summed E-state index contributed by atoms with van der Waals surface area (Å²) in [6, 6.07) is 1.39. The van der Waals surface area contributed by atoms with Gasteiger partial charge in [0.1, 0.15) is 11.2 Å². The molecule has 0 radical (unpaired) electrons. The number of carbonyl (C=O) groups is 1. The maximum Gasteiger partial charge on any atom is 0.341 e. The van der Waals surface area contributed by atoms with Crippen molar-refractivity contribution in [1.82, 2.24) is 9.55 Å². The summed E-state index contributed by atoms with van der Waals surface area (Å²) in [4.78, 5) is 30.4. The van der Waals surface area contributed by atoms with E-state index in [1.807, 2.05) is 4.90 Å². The van der Waals surface area contributed by atoms with Gasteiger partial charge < -0.3 is 20.3 Å². The number of aromatic nitrogens is 2. The Morgan fingerprint density at radius 1 is 1.43 bits per heavy atom. The second kappa shape index (κ2) is 6.15. The first-order chi connectivity index (χ1) is 12.8. The van der Waals surface area contributed by atoms with Crippen molar-refractivity contribution in [2.75, 3.05) is 18.0 Å². The number of carboxylic acids is 1. The molecule has 1 saturated heterocycles. The summed E-state index contributed by atoms with van der Waals surface area (Å²) in [5, 5.41) is 9.34. The summed E-state index contributed by atoms with van der Waals surface area (Å²) in [5.74, 6) is -1.36. The minimum atomic E-state index is -1.31. The van der Waals surface area contributed by atoms with Crippen LogP contribution >= 0.6 is 12.4 Å². The smallest absolute Gasteiger partial charge is 0.341 e. The minimum absolute atomic E-state index is 0. The number of aromatic carboxylic acids is 1. The Balaban J connectivity index is 0.00000192. The molecule has 2 aromatic heterocycles. The van der Waals surface area contributed by atoms with Gasteiger partial charge in [0.15, 0.2) is 11.6 Å². The molecule has 2 aromatic rings. The molecule has 3 fully saturated rings. The molecule has 0 bridgehead atoms. The summed E-state index contributed by atoms with van der Waals surface area (Å²) >= 11 is 0. The molecule has 5 rings (SSSR count). The van der Waals surface area contributed by atoms with E-state index in [1.54, 1.807) is 4.57 Å². The number of anilines is 1. The van der Waals surface area contributed by atoms with Gasteiger partial charge in [-0.15, -0.1) is 12.4 Å². The normalized spacial score (nSPS) is 28.6. The van der Waals surface area contributed by atoms with Crippen molar-refractivity contribution in [2.24, 2.45) is 17.1 Å². The van der Waals surface area contributed by atoms with E-state index in [-0.39, 0.29) is 46.7 Å². The number of nitrogens with zero attached hydrogens (tertiary/aromatic N) is 3. The number of halogens is 2. The molecule has 0 amide bonds. The zero-order valence-electron chi connectivity index (χ0n) is 15.4. The second-order valence-corrected chi connectivity index (χ2v) is 8.49. The maximum absolute atomic E-state index is 14.9. The Bertz CT molecular complexity index is 1050. The molecule has 3 atom stereocenters. The van der Waals surface area contributed by atoms with Crippen LogP contribution < -0.4 is 16.1 Å². The van der Waals surface area contributed by atoms with Crippen LogP contribution in [0.3, 0.4) is 0 Å². The van der Waals surface area contributed by atoms with Gasteiger partial charge in [0.25, 0.3) is 0 Å². The predicted octanol–water partition coefficient (Wildman–Crippen LogP) is 2.16. The highest BCUT2D eigenvalue weighted by atomic mass is 35.5. The fourth-order valence-electron chi connectivity index (χ4n) is 4.87. The lowest BCUT2D eigenvalue weighted by molar-refractivity contribution is 0.0694. The fourth-order valence-corrected chi connectivity index (χ4v) is 4.87. The van der Waals surface area contributed by atoms with E-state index in [4.69, 9.17) is 5.73 Å². The van der Waals surface area contributed by atoms with Crippen molar-refractivity contribution in [3.63, 3.8) is 0 Å². The van der Waals surface area contributed by atoms with E-state index < -0.39 is 17.2 Å². The van der Waals surface area contributed by atoms with E-state index in [1.165, 1.54) is 6.20 Å². The minimum Gasteiger partial charge on any atom is -0.477 e. The van der Waals surface area contributed by atoms with Gasteiger partial charge in [-0.25, -0.2) is 14.2 Å². The van der Waals surface area contributed by atoms with E-state index >= 15 is 0 Å². The Kier molecular flexibility index (Phi) is 4.21. The van der Waals surface area contributed by atoms with E-state index in [0.717, 1.165) is 25.3 Å². The Morgan fingerprint density at radius 3 is 2.71 bits per heavy atom. The van der Waals surface area contributed by atoms with Crippen LogP contribution in [0.2, 0.25) is 0 Å². The molecule has 0 unspecified atom stereocenters. The molecule has 2 saturated carbocycles. The van der Waals surface area contributed by atoms with Gasteiger partial charge in [0.2, 0.25) is 5.43 Å². The number of rotatable bonds is 3. The van der Waals surface area contributed by atoms with Gasteiger partial charge in [-0.2, -0.15) is 0 Å². The van der Waals surface area contributed by atoms with Gasteiger partial charge in [-0.1, -0.05) is 6.92 Å². The molecule has 2 aliphatic carbocycles. The summed E-state index contributed by atoms with van der Waals surface area (Å²) < 4.78 is 16.6. The first-order valence-corrected chi connectivity index (χ1v) is 9.28. The summed E-state index contributed by atoms with van der Waals surface area (Å²) in [6.07, 6.45) is 4.05. The Labute approximate surface area is 166 Å². The van der Waals surface area contributed by atoms with Crippen molar-refractivity contribution in [3.05, 3.63) is 33.9 Å². The highest BCUT2D eigenvalue weighted by Gasteiger charge is 2.55. The molecule has 3 aliphatic rings. The largest absolute Gasteiger partial charge is 0.477 e. The SMILES string of the molecule is C[C@]12C[C@@H](N)[C@H]1CN(c1nc3c(cc1F)c(=O)c(C(=O)O)cn3C1CC1)C2.Cl. The summed E-state index contributed by atoms with van der Waals surface area (Å²) in [6.45, 7) is 3.49. The van der Waals surface area contributed by atoms with E-state index in [2.05, 4.69) is 11.9 Å². The van der Waals surface area contributed by atoms with Gasteiger partial charge >= 0.3 is 5.97 Å². The lowest BCUT2D eigenvalue weighted by atomic mass is 9.60. The number of pyridine rings is 2. The van der Waals surface area contributed by atoms with Crippen LogP contribution in [0.15, 0.2) is 17.1 Å². The summed E-state index contributed by atoms with van der Waals surface area (Å²) in [7, 11) is 0. The highest BCUT2D eigenvalue weighted by Crippen LogP contribution is 2.51. The molecule has 28 heavy (non-hydrogen) atoms. The Hall–Kier alpha value is -2.19. The topological polar surface area (TPSA) is 101 Å². The number of hydrogen-bond acceptors (Lipinski definition) is 5. The third-order valence-electron chi connectivity index (χ3n) is 6.49. The van der Waals surface area contributed by atoms with Crippen LogP contribution in [0.4, 0.5) is 10.2 Å². The average molecular weight is 409 g/mol. The first kappa shape index (κ1) is 19.1.